The summed E-state index contributed by atoms with van der Waals surface area (Å²) in [4.78, 5) is 0.370. The Morgan fingerprint density at radius 1 is 1.30 bits per heavy atom. The molecule has 0 bridgehead atoms. The molecule has 1 saturated heterocycles. The van der Waals surface area contributed by atoms with E-state index in [0.29, 0.717) is 23.9 Å². The summed E-state index contributed by atoms with van der Waals surface area (Å²) in [7, 11) is -3.36. The van der Waals surface area contributed by atoms with Crippen molar-refractivity contribution in [3.05, 3.63) is 29.8 Å². The molecule has 1 heterocycles. The molecule has 0 saturated carbocycles. The van der Waals surface area contributed by atoms with Gasteiger partial charge in [-0.15, -0.1) is 12.4 Å². The first-order chi connectivity index (χ1) is 8.89. The maximum absolute atomic E-state index is 12.4. The second-order valence-corrected chi connectivity index (χ2v) is 7.59. The van der Waals surface area contributed by atoms with E-state index < -0.39 is 10.0 Å². The molecule has 114 valence electrons. The van der Waals surface area contributed by atoms with Gasteiger partial charge in [0, 0.05) is 19.1 Å². The largest absolute Gasteiger partial charge is 0.326 e. The van der Waals surface area contributed by atoms with Crippen LogP contribution >= 0.6 is 12.4 Å². The third kappa shape index (κ3) is 3.95. The summed E-state index contributed by atoms with van der Waals surface area (Å²) < 4.78 is 26.2. The van der Waals surface area contributed by atoms with Crippen molar-refractivity contribution in [1.29, 1.82) is 0 Å². The van der Waals surface area contributed by atoms with Gasteiger partial charge < -0.3 is 5.73 Å². The van der Waals surface area contributed by atoms with Crippen molar-refractivity contribution in [2.45, 2.75) is 37.6 Å². The summed E-state index contributed by atoms with van der Waals surface area (Å²) in [6, 6.07) is 7.19. The standard InChI is InChI=1S/C14H22N2O2S.ClH/c1-11(2)9-12-3-5-14(6-4-12)19(17,18)16-8-7-13(15)10-16;/h3-6,11,13H,7-10,15H2,1-2H3;1H/t13-;/m1./s1. The molecule has 4 nitrogen and oxygen atoms in total. The number of nitrogens with two attached hydrogens (primary N) is 1. The highest BCUT2D eigenvalue weighted by atomic mass is 35.5. The number of rotatable bonds is 4. The van der Waals surface area contributed by atoms with E-state index in [4.69, 9.17) is 5.73 Å². The van der Waals surface area contributed by atoms with Gasteiger partial charge in [0.2, 0.25) is 10.0 Å². The van der Waals surface area contributed by atoms with Gasteiger partial charge in [0.05, 0.1) is 4.90 Å². The molecule has 1 aliphatic heterocycles. The van der Waals surface area contributed by atoms with Gasteiger partial charge in [-0.1, -0.05) is 26.0 Å². The SMILES string of the molecule is CC(C)Cc1ccc(S(=O)(=O)N2CC[C@@H](N)C2)cc1.Cl. The summed E-state index contributed by atoms with van der Waals surface area (Å²) in [5.74, 6) is 0.569. The van der Waals surface area contributed by atoms with E-state index in [2.05, 4.69) is 13.8 Å². The third-order valence-electron chi connectivity index (χ3n) is 3.39. The van der Waals surface area contributed by atoms with Crippen LogP contribution in [0.5, 0.6) is 0 Å². The average molecular weight is 319 g/mol. The van der Waals surface area contributed by atoms with E-state index in [0.717, 1.165) is 12.8 Å². The van der Waals surface area contributed by atoms with Gasteiger partial charge in [0.1, 0.15) is 0 Å². The molecule has 0 unspecified atom stereocenters. The minimum absolute atomic E-state index is 0. The van der Waals surface area contributed by atoms with Crippen molar-refractivity contribution < 1.29 is 8.42 Å². The smallest absolute Gasteiger partial charge is 0.243 e. The molecule has 0 aliphatic carbocycles. The van der Waals surface area contributed by atoms with E-state index >= 15 is 0 Å². The van der Waals surface area contributed by atoms with Crippen LogP contribution in [0.15, 0.2) is 29.2 Å². The van der Waals surface area contributed by atoms with Crippen LogP contribution in [0.2, 0.25) is 0 Å². The number of hydrogen-bond acceptors (Lipinski definition) is 3. The fraction of sp³-hybridized carbons (Fsp3) is 0.571. The number of halogens is 1. The van der Waals surface area contributed by atoms with Crippen molar-refractivity contribution in [2.24, 2.45) is 11.7 Å². The highest BCUT2D eigenvalue weighted by Crippen LogP contribution is 2.21. The van der Waals surface area contributed by atoms with Crippen LogP contribution in [0, 0.1) is 5.92 Å². The van der Waals surface area contributed by atoms with Gasteiger partial charge >= 0.3 is 0 Å². The second-order valence-electron chi connectivity index (χ2n) is 5.65. The van der Waals surface area contributed by atoms with Gasteiger partial charge in [-0.25, -0.2) is 8.42 Å². The Kier molecular flexibility index (Phi) is 6.01. The van der Waals surface area contributed by atoms with E-state index in [-0.39, 0.29) is 18.4 Å². The highest BCUT2D eigenvalue weighted by molar-refractivity contribution is 7.89. The Morgan fingerprint density at radius 2 is 1.90 bits per heavy atom. The fourth-order valence-electron chi connectivity index (χ4n) is 2.39. The Labute approximate surface area is 127 Å². The quantitative estimate of drug-likeness (QED) is 0.924. The van der Waals surface area contributed by atoms with Crippen LogP contribution in [0.25, 0.3) is 0 Å². The zero-order valence-corrected chi connectivity index (χ0v) is 13.6. The Bertz CT molecular complexity index is 529. The van der Waals surface area contributed by atoms with E-state index in [1.807, 2.05) is 12.1 Å². The topological polar surface area (TPSA) is 63.4 Å². The maximum Gasteiger partial charge on any atom is 0.243 e. The lowest BCUT2D eigenvalue weighted by molar-refractivity contribution is 0.472. The highest BCUT2D eigenvalue weighted by Gasteiger charge is 2.30. The normalized spacial score (nSPS) is 20.1. The number of sulfonamides is 1. The third-order valence-corrected chi connectivity index (χ3v) is 5.27. The summed E-state index contributed by atoms with van der Waals surface area (Å²) in [6.07, 6.45) is 1.71. The van der Waals surface area contributed by atoms with Crippen LogP contribution in [0.4, 0.5) is 0 Å². The van der Waals surface area contributed by atoms with Crippen molar-refractivity contribution in [3.8, 4) is 0 Å². The van der Waals surface area contributed by atoms with E-state index in [1.165, 1.54) is 9.87 Å². The predicted octanol–water partition coefficient (Wildman–Crippen LogP) is 2.03. The van der Waals surface area contributed by atoms with Crippen LogP contribution in [0.3, 0.4) is 0 Å². The first-order valence-corrected chi connectivity index (χ1v) is 8.18. The summed E-state index contributed by atoms with van der Waals surface area (Å²) in [6.45, 7) is 5.25. The average Bonchev–Trinajstić information content (AvgIpc) is 2.76. The number of hydrogen-bond donors (Lipinski definition) is 1. The van der Waals surface area contributed by atoms with E-state index in [9.17, 15) is 8.42 Å². The molecular formula is C14H23ClN2O2S. The van der Waals surface area contributed by atoms with Crippen LogP contribution in [-0.4, -0.2) is 31.9 Å². The lowest BCUT2D eigenvalue weighted by atomic mass is 10.0. The fourth-order valence-corrected chi connectivity index (χ4v) is 3.90. The summed E-state index contributed by atoms with van der Waals surface area (Å²) in [5.41, 5.74) is 6.95. The molecule has 2 N–H and O–H groups in total. The lowest BCUT2D eigenvalue weighted by Gasteiger charge is -2.16. The van der Waals surface area contributed by atoms with Gasteiger partial charge in [-0.2, -0.15) is 4.31 Å². The first kappa shape index (κ1) is 17.4. The molecule has 1 fully saturated rings. The number of nitrogens with zero attached hydrogens (tertiary/aromatic N) is 1. The van der Waals surface area contributed by atoms with Crippen LogP contribution in [-0.2, 0) is 16.4 Å². The van der Waals surface area contributed by atoms with Gasteiger partial charge in [0.25, 0.3) is 0 Å². The molecule has 1 atom stereocenters. The lowest BCUT2D eigenvalue weighted by Crippen LogP contribution is -2.31. The maximum atomic E-state index is 12.4. The summed E-state index contributed by atoms with van der Waals surface area (Å²) in [5, 5.41) is 0. The molecule has 0 amide bonds. The minimum Gasteiger partial charge on any atom is -0.326 e. The predicted molar refractivity (Wildman–Crippen MR) is 83.6 cm³/mol. The Morgan fingerprint density at radius 3 is 2.35 bits per heavy atom. The van der Waals surface area contributed by atoms with Crippen molar-refractivity contribution in [2.75, 3.05) is 13.1 Å². The van der Waals surface area contributed by atoms with Gasteiger partial charge in [-0.05, 0) is 36.5 Å². The zero-order chi connectivity index (χ0) is 14.0. The van der Waals surface area contributed by atoms with Crippen molar-refractivity contribution in [1.82, 2.24) is 4.31 Å². The van der Waals surface area contributed by atoms with Gasteiger partial charge in [-0.3, -0.25) is 0 Å². The molecule has 6 heteroatoms. The molecule has 0 radical (unpaired) electrons. The van der Waals surface area contributed by atoms with Gasteiger partial charge in [0.15, 0.2) is 0 Å². The van der Waals surface area contributed by atoms with E-state index in [1.54, 1.807) is 12.1 Å². The first-order valence-electron chi connectivity index (χ1n) is 6.74. The molecular weight excluding hydrogens is 296 g/mol. The Hall–Kier alpha value is -0.620. The van der Waals surface area contributed by atoms with Crippen LogP contribution < -0.4 is 5.73 Å². The minimum atomic E-state index is -3.36. The monoisotopic (exact) mass is 318 g/mol. The molecule has 20 heavy (non-hydrogen) atoms. The molecule has 2 rings (SSSR count). The number of benzene rings is 1. The molecule has 1 aromatic rings. The van der Waals surface area contributed by atoms with Crippen molar-refractivity contribution in [3.63, 3.8) is 0 Å². The zero-order valence-electron chi connectivity index (χ0n) is 12.0. The Balaban J connectivity index is 0.00000200. The van der Waals surface area contributed by atoms with Crippen LogP contribution in [0.1, 0.15) is 25.8 Å². The molecule has 0 spiro atoms. The molecule has 1 aliphatic rings. The molecule has 0 aromatic heterocycles. The summed E-state index contributed by atoms with van der Waals surface area (Å²) >= 11 is 0. The molecule has 1 aromatic carbocycles. The van der Waals surface area contributed by atoms with Crippen molar-refractivity contribution >= 4 is 22.4 Å². The second kappa shape index (κ2) is 6.89.